The molecule has 2 aliphatic heterocycles. The van der Waals surface area contributed by atoms with Gasteiger partial charge in [0, 0.05) is 30.5 Å². The highest BCUT2D eigenvalue weighted by Gasteiger charge is 2.47. The minimum atomic E-state index is -0.451. The van der Waals surface area contributed by atoms with Crippen LogP contribution in [0.5, 0.6) is 0 Å². The quantitative estimate of drug-likeness (QED) is 0.861. The van der Waals surface area contributed by atoms with Crippen molar-refractivity contribution in [1.82, 2.24) is 5.32 Å². The van der Waals surface area contributed by atoms with E-state index in [0.717, 1.165) is 53.6 Å². The highest BCUT2D eigenvalue weighted by molar-refractivity contribution is 6.07. The molecule has 2 fully saturated rings. The molecule has 144 valence electrons. The monoisotopic (exact) mass is 376 g/mol. The van der Waals surface area contributed by atoms with Crippen LogP contribution in [0, 0.1) is 6.92 Å². The Kier molecular flexibility index (Phi) is 4.02. The number of benzene rings is 2. The average molecular weight is 376 g/mol. The molecule has 0 aromatic heterocycles. The fourth-order valence-corrected chi connectivity index (χ4v) is 4.38. The number of aryl methyl sites for hydroxylation is 1. The summed E-state index contributed by atoms with van der Waals surface area (Å²) in [6.45, 7) is 3.28. The first-order valence-electron chi connectivity index (χ1n) is 10.0. The standard InChI is InChI=1S/C23H24N2O3/c1-14-2-3-16(21(26)24-17-5-6-17)12-18(14)15-4-7-19-20(13-15)25-22(27)23(19)8-10-28-11-9-23/h2-4,7,12-13,17H,5-6,8-11H2,1H3,(H,24,26)(H,25,27). The minimum Gasteiger partial charge on any atom is -0.381 e. The van der Waals surface area contributed by atoms with Gasteiger partial charge in [0.15, 0.2) is 0 Å². The molecule has 2 aromatic rings. The minimum absolute atomic E-state index is 0.0145. The molecule has 5 heteroatoms. The molecule has 2 aromatic carbocycles. The van der Waals surface area contributed by atoms with Gasteiger partial charge < -0.3 is 15.4 Å². The van der Waals surface area contributed by atoms with E-state index in [2.05, 4.69) is 22.8 Å². The highest BCUT2D eigenvalue weighted by atomic mass is 16.5. The first-order chi connectivity index (χ1) is 13.6. The molecule has 1 saturated heterocycles. The van der Waals surface area contributed by atoms with Gasteiger partial charge in [0.2, 0.25) is 5.91 Å². The largest absolute Gasteiger partial charge is 0.381 e. The topological polar surface area (TPSA) is 67.4 Å². The lowest BCUT2D eigenvalue weighted by atomic mass is 9.75. The van der Waals surface area contributed by atoms with Gasteiger partial charge in [-0.15, -0.1) is 0 Å². The van der Waals surface area contributed by atoms with Crippen LogP contribution in [0.15, 0.2) is 36.4 Å². The predicted molar refractivity (Wildman–Crippen MR) is 107 cm³/mol. The fraction of sp³-hybridized carbons (Fsp3) is 0.391. The third kappa shape index (κ3) is 2.81. The fourth-order valence-electron chi connectivity index (χ4n) is 4.38. The molecule has 1 spiro atoms. The van der Waals surface area contributed by atoms with Gasteiger partial charge in [0.25, 0.3) is 5.91 Å². The van der Waals surface area contributed by atoms with Gasteiger partial charge in [-0.2, -0.15) is 0 Å². The van der Waals surface area contributed by atoms with Crippen LogP contribution >= 0.6 is 0 Å². The summed E-state index contributed by atoms with van der Waals surface area (Å²) in [7, 11) is 0. The zero-order valence-corrected chi connectivity index (χ0v) is 16.0. The summed E-state index contributed by atoms with van der Waals surface area (Å²) < 4.78 is 5.48. The lowest BCUT2D eigenvalue weighted by molar-refractivity contribution is -0.124. The zero-order valence-electron chi connectivity index (χ0n) is 16.0. The van der Waals surface area contributed by atoms with E-state index in [1.807, 2.05) is 31.2 Å². The summed E-state index contributed by atoms with van der Waals surface area (Å²) in [5.41, 5.74) is 5.33. The number of ether oxygens (including phenoxy) is 1. The van der Waals surface area contributed by atoms with E-state index < -0.39 is 5.41 Å². The maximum atomic E-state index is 12.8. The molecule has 2 amide bonds. The van der Waals surface area contributed by atoms with Crippen molar-refractivity contribution < 1.29 is 14.3 Å². The molecule has 28 heavy (non-hydrogen) atoms. The summed E-state index contributed by atoms with van der Waals surface area (Å²) in [5.74, 6) is 0.0663. The van der Waals surface area contributed by atoms with Gasteiger partial charge in [0.1, 0.15) is 0 Å². The lowest BCUT2D eigenvalue weighted by Gasteiger charge is -2.31. The van der Waals surface area contributed by atoms with Crippen molar-refractivity contribution in [3.8, 4) is 11.1 Å². The van der Waals surface area contributed by atoms with Crippen LogP contribution in [0.3, 0.4) is 0 Å². The van der Waals surface area contributed by atoms with Gasteiger partial charge in [-0.3, -0.25) is 9.59 Å². The van der Waals surface area contributed by atoms with Crippen LogP contribution < -0.4 is 10.6 Å². The molecule has 0 bridgehead atoms. The Balaban J connectivity index is 1.50. The molecule has 5 nitrogen and oxygen atoms in total. The van der Waals surface area contributed by atoms with E-state index in [1.54, 1.807) is 0 Å². The number of carbonyl (C=O) groups is 2. The molecule has 2 N–H and O–H groups in total. The van der Waals surface area contributed by atoms with E-state index in [-0.39, 0.29) is 11.8 Å². The van der Waals surface area contributed by atoms with E-state index in [4.69, 9.17) is 4.74 Å². The normalized spacial score (nSPS) is 20.0. The SMILES string of the molecule is Cc1ccc(C(=O)NC2CC2)cc1-c1ccc2c(c1)NC(=O)C21CCOCC1. The van der Waals surface area contributed by atoms with Crippen molar-refractivity contribution in [1.29, 1.82) is 0 Å². The molecule has 2 heterocycles. The summed E-state index contributed by atoms with van der Waals surface area (Å²) in [5, 5.41) is 6.13. The average Bonchev–Trinajstić information content (AvgIpc) is 3.48. The Labute approximate surface area is 164 Å². The first-order valence-corrected chi connectivity index (χ1v) is 10.0. The second-order valence-corrected chi connectivity index (χ2v) is 8.19. The van der Waals surface area contributed by atoms with E-state index in [0.29, 0.717) is 24.8 Å². The maximum Gasteiger partial charge on any atom is 0.251 e. The Morgan fingerprint density at radius 3 is 2.68 bits per heavy atom. The predicted octanol–water partition coefficient (Wildman–Crippen LogP) is 3.55. The Morgan fingerprint density at radius 1 is 1.14 bits per heavy atom. The molecule has 0 atom stereocenters. The third-order valence-electron chi connectivity index (χ3n) is 6.29. The molecule has 5 rings (SSSR count). The molecule has 0 unspecified atom stereocenters. The van der Waals surface area contributed by atoms with Gasteiger partial charge in [-0.1, -0.05) is 18.2 Å². The van der Waals surface area contributed by atoms with E-state index in [9.17, 15) is 9.59 Å². The van der Waals surface area contributed by atoms with E-state index in [1.165, 1.54) is 0 Å². The van der Waals surface area contributed by atoms with Crippen LogP contribution in [0.25, 0.3) is 11.1 Å². The Hall–Kier alpha value is -2.66. The number of rotatable bonds is 3. The molecule has 1 aliphatic carbocycles. The number of fused-ring (bicyclic) bond motifs is 2. The van der Waals surface area contributed by atoms with Crippen molar-refractivity contribution in [2.45, 2.75) is 44.1 Å². The molecular formula is C23H24N2O3. The maximum absolute atomic E-state index is 12.8. The number of anilines is 1. The number of hydrogen-bond acceptors (Lipinski definition) is 3. The van der Waals surface area contributed by atoms with Crippen molar-refractivity contribution >= 4 is 17.5 Å². The first kappa shape index (κ1) is 17.4. The van der Waals surface area contributed by atoms with Crippen LogP contribution in [0.1, 0.15) is 47.2 Å². The van der Waals surface area contributed by atoms with Gasteiger partial charge in [0.05, 0.1) is 5.41 Å². The smallest absolute Gasteiger partial charge is 0.251 e. The van der Waals surface area contributed by atoms with Crippen molar-refractivity contribution in [3.05, 3.63) is 53.1 Å². The highest BCUT2D eigenvalue weighted by Crippen LogP contribution is 2.46. The van der Waals surface area contributed by atoms with Gasteiger partial charge >= 0.3 is 0 Å². The van der Waals surface area contributed by atoms with Crippen LogP contribution in [-0.2, 0) is 14.9 Å². The second-order valence-electron chi connectivity index (χ2n) is 8.19. The molecule has 1 saturated carbocycles. The van der Waals surface area contributed by atoms with Crippen LogP contribution in [0.2, 0.25) is 0 Å². The number of amides is 2. The lowest BCUT2D eigenvalue weighted by Crippen LogP contribution is -2.39. The zero-order chi connectivity index (χ0) is 19.3. The Bertz CT molecular complexity index is 972. The summed E-state index contributed by atoms with van der Waals surface area (Å²) in [6.07, 6.45) is 3.59. The van der Waals surface area contributed by atoms with E-state index >= 15 is 0 Å². The number of nitrogens with one attached hydrogen (secondary N) is 2. The molecular weight excluding hydrogens is 352 g/mol. The van der Waals surface area contributed by atoms with Gasteiger partial charge in [-0.05, 0) is 73.1 Å². The molecule has 0 radical (unpaired) electrons. The van der Waals surface area contributed by atoms with Crippen molar-refractivity contribution in [2.75, 3.05) is 18.5 Å². The third-order valence-corrected chi connectivity index (χ3v) is 6.29. The summed E-state index contributed by atoms with van der Waals surface area (Å²) >= 11 is 0. The Morgan fingerprint density at radius 2 is 1.93 bits per heavy atom. The van der Waals surface area contributed by atoms with Crippen LogP contribution in [0.4, 0.5) is 5.69 Å². The molecule has 3 aliphatic rings. The summed E-state index contributed by atoms with van der Waals surface area (Å²) in [6, 6.07) is 12.3. The number of carbonyl (C=O) groups excluding carboxylic acids is 2. The second kappa shape index (κ2) is 6.45. The van der Waals surface area contributed by atoms with Crippen molar-refractivity contribution in [3.63, 3.8) is 0 Å². The number of hydrogen-bond donors (Lipinski definition) is 2. The van der Waals surface area contributed by atoms with Gasteiger partial charge in [-0.25, -0.2) is 0 Å². The van der Waals surface area contributed by atoms with Crippen molar-refractivity contribution in [2.24, 2.45) is 0 Å². The van der Waals surface area contributed by atoms with Crippen LogP contribution in [-0.4, -0.2) is 31.1 Å². The summed E-state index contributed by atoms with van der Waals surface area (Å²) in [4.78, 5) is 25.2.